The molecule has 2 aromatic rings. The summed E-state index contributed by atoms with van der Waals surface area (Å²) in [5.41, 5.74) is -1.21. The van der Waals surface area contributed by atoms with Crippen LogP contribution in [-0.2, 0) is 47.4 Å². The van der Waals surface area contributed by atoms with Crippen LogP contribution in [0.3, 0.4) is 0 Å². The number of hydrogen-bond donors (Lipinski definition) is 0. The molecule has 0 saturated carbocycles. The van der Waals surface area contributed by atoms with Crippen LogP contribution in [0.4, 0.5) is 0 Å². The molecule has 1 aliphatic rings. The van der Waals surface area contributed by atoms with Gasteiger partial charge in [0.2, 0.25) is 0 Å². The fraction of sp³-hybridized carbons (Fsp3) is 0.556. The molecule has 0 N–H and O–H groups in total. The first-order chi connectivity index (χ1) is 14.9. The standard InChI is InChI=1S/C18H21BrN4O9/c1-7(24)29-6-10-12(30-8(2)25)13(31-9(3)26)16(32-10)23-11-14(20-17(23)19)21(4)18(28)22(5)15(11)27/h10,12-13,16H,6H2,1-5H3/t10-,12-,13-,16+/m0/s1. The predicted molar refractivity (Wildman–Crippen MR) is 110 cm³/mol. The van der Waals surface area contributed by atoms with Crippen molar-refractivity contribution in [2.45, 2.75) is 45.3 Å². The van der Waals surface area contributed by atoms with Gasteiger partial charge in [-0.25, -0.2) is 9.78 Å². The second-order valence-electron chi connectivity index (χ2n) is 7.14. The average Bonchev–Trinajstić information content (AvgIpc) is 3.20. The van der Waals surface area contributed by atoms with Crippen molar-refractivity contribution < 1.29 is 33.3 Å². The monoisotopic (exact) mass is 516 g/mol. The molecule has 1 saturated heterocycles. The highest BCUT2D eigenvalue weighted by Crippen LogP contribution is 2.37. The number of nitrogens with zero attached hydrogens (tertiary/aromatic N) is 4. The zero-order chi connectivity index (χ0) is 23.9. The Morgan fingerprint density at radius 2 is 1.59 bits per heavy atom. The summed E-state index contributed by atoms with van der Waals surface area (Å²) in [6.45, 7) is 3.21. The van der Waals surface area contributed by atoms with Crippen molar-refractivity contribution in [3.63, 3.8) is 0 Å². The van der Waals surface area contributed by atoms with Gasteiger partial charge in [0.1, 0.15) is 12.7 Å². The van der Waals surface area contributed by atoms with Crippen molar-refractivity contribution in [2.24, 2.45) is 14.1 Å². The van der Waals surface area contributed by atoms with E-state index in [0.29, 0.717) is 0 Å². The molecule has 174 valence electrons. The van der Waals surface area contributed by atoms with E-state index in [1.165, 1.54) is 30.2 Å². The molecule has 0 unspecified atom stereocenters. The number of aromatic nitrogens is 4. The van der Waals surface area contributed by atoms with Crippen LogP contribution < -0.4 is 11.2 Å². The minimum Gasteiger partial charge on any atom is -0.463 e. The number of aryl methyl sites for hydroxylation is 1. The molecular weight excluding hydrogens is 496 g/mol. The van der Waals surface area contributed by atoms with E-state index < -0.39 is 53.7 Å². The molecule has 0 amide bonds. The second kappa shape index (κ2) is 8.86. The molecule has 0 aromatic carbocycles. The maximum atomic E-state index is 12.9. The van der Waals surface area contributed by atoms with Crippen molar-refractivity contribution in [3.8, 4) is 0 Å². The number of hydrogen-bond acceptors (Lipinski definition) is 10. The van der Waals surface area contributed by atoms with E-state index in [9.17, 15) is 24.0 Å². The van der Waals surface area contributed by atoms with Crippen LogP contribution >= 0.6 is 15.9 Å². The van der Waals surface area contributed by atoms with Gasteiger partial charge >= 0.3 is 23.6 Å². The quantitative estimate of drug-likeness (QED) is 0.289. The van der Waals surface area contributed by atoms with Gasteiger partial charge in [0, 0.05) is 34.9 Å². The highest BCUT2D eigenvalue weighted by Gasteiger charge is 2.51. The third-order valence-electron chi connectivity index (χ3n) is 4.84. The van der Waals surface area contributed by atoms with Crippen LogP contribution in [0.1, 0.15) is 27.0 Å². The van der Waals surface area contributed by atoms with Gasteiger partial charge in [0.05, 0.1) is 0 Å². The highest BCUT2D eigenvalue weighted by atomic mass is 79.9. The Morgan fingerprint density at radius 3 is 2.16 bits per heavy atom. The smallest absolute Gasteiger partial charge is 0.332 e. The summed E-state index contributed by atoms with van der Waals surface area (Å²) in [5, 5.41) is 0. The molecule has 1 aliphatic heterocycles. The Kier molecular flexibility index (Phi) is 6.55. The number of esters is 3. The van der Waals surface area contributed by atoms with Gasteiger partial charge in [-0.05, 0) is 15.9 Å². The van der Waals surface area contributed by atoms with E-state index in [1.807, 2.05) is 0 Å². The summed E-state index contributed by atoms with van der Waals surface area (Å²) in [6.07, 6.45) is -4.58. The SMILES string of the molecule is CC(=O)OC[C@@H]1O[C@@H](n2c(Br)nc3c2c(=O)n(C)c(=O)n3C)[C@@H](OC(C)=O)[C@H]1OC(C)=O. The lowest BCUT2D eigenvalue weighted by Gasteiger charge is -2.24. The van der Waals surface area contributed by atoms with Crippen molar-refractivity contribution >= 4 is 45.0 Å². The average molecular weight is 517 g/mol. The van der Waals surface area contributed by atoms with E-state index in [4.69, 9.17) is 18.9 Å². The summed E-state index contributed by atoms with van der Waals surface area (Å²) in [7, 11) is 2.75. The third kappa shape index (κ3) is 4.19. The van der Waals surface area contributed by atoms with E-state index >= 15 is 0 Å². The first kappa shape index (κ1) is 23.7. The van der Waals surface area contributed by atoms with Crippen molar-refractivity contribution in [3.05, 3.63) is 25.6 Å². The molecule has 0 aliphatic carbocycles. The van der Waals surface area contributed by atoms with E-state index in [-0.39, 0.29) is 22.5 Å². The molecule has 0 radical (unpaired) electrons. The topological polar surface area (TPSA) is 150 Å². The summed E-state index contributed by atoms with van der Waals surface area (Å²) >= 11 is 3.26. The zero-order valence-corrected chi connectivity index (χ0v) is 19.4. The summed E-state index contributed by atoms with van der Waals surface area (Å²) in [6, 6.07) is 0. The maximum absolute atomic E-state index is 12.9. The van der Waals surface area contributed by atoms with E-state index in [0.717, 1.165) is 18.4 Å². The molecular formula is C18H21BrN4O9. The molecule has 14 heteroatoms. The number of fused-ring (bicyclic) bond motifs is 1. The van der Waals surface area contributed by atoms with E-state index in [1.54, 1.807) is 0 Å². The van der Waals surface area contributed by atoms with Gasteiger partial charge in [-0.3, -0.25) is 32.9 Å². The van der Waals surface area contributed by atoms with Crippen LogP contribution in [0, 0.1) is 0 Å². The largest absolute Gasteiger partial charge is 0.463 e. The lowest BCUT2D eigenvalue weighted by molar-refractivity contribution is -0.166. The lowest BCUT2D eigenvalue weighted by atomic mass is 10.1. The van der Waals surface area contributed by atoms with Gasteiger partial charge in [-0.15, -0.1) is 0 Å². The Balaban J connectivity index is 2.21. The number of imidazole rings is 1. The van der Waals surface area contributed by atoms with Crippen LogP contribution in [0.2, 0.25) is 0 Å². The second-order valence-corrected chi connectivity index (χ2v) is 7.85. The summed E-state index contributed by atoms with van der Waals surface area (Å²) in [5.74, 6) is -1.98. The Bertz CT molecular complexity index is 1210. The molecule has 32 heavy (non-hydrogen) atoms. The third-order valence-corrected chi connectivity index (χ3v) is 5.40. The Morgan fingerprint density at radius 1 is 1.00 bits per heavy atom. The van der Waals surface area contributed by atoms with Gasteiger partial charge in [-0.1, -0.05) is 0 Å². The fourth-order valence-electron chi connectivity index (χ4n) is 3.52. The van der Waals surface area contributed by atoms with Crippen LogP contribution in [0.25, 0.3) is 11.2 Å². The molecule has 0 bridgehead atoms. The van der Waals surface area contributed by atoms with Gasteiger partial charge in [0.15, 0.2) is 34.3 Å². The molecule has 4 atom stereocenters. The maximum Gasteiger partial charge on any atom is 0.332 e. The van der Waals surface area contributed by atoms with Crippen molar-refractivity contribution in [1.82, 2.24) is 18.7 Å². The van der Waals surface area contributed by atoms with Gasteiger partial charge < -0.3 is 18.9 Å². The normalized spacial score (nSPS) is 22.7. The van der Waals surface area contributed by atoms with Crippen LogP contribution in [-0.4, -0.2) is 61.5 Å². The van der Waals surface area contributed by atoms with Crippen molar-refractivity contribution in [2.75, 3.05) is 6.61 Å². The zero-order valence-electron chi connectivity index (χ0n) is 17.9. The molecule has 13 nitrogen and oxygen atoms in total. The first-order valence-corrected chi connectivity index (χ1v) is 10.2. The molecule has 1 fully saturated rings. The summed E-state index contributed by atoms with van der Waals surface area (Å²) < 4.78 is 25.2. The molecule has 3 heterocycles. The minimum atomic E-state index is -1.22. The predicted octanol–water partition coefficient (Wildman–Crippen LogP) is -0.480. The highest BCUT2D eigenvalue weighted by molar-refractivity contribution is 9.10. The summed E-state index contributed by atoms with van der Waals surface area (Å²) in [4.78, 5) is 64.3. The molecule has 2 aromatic heterocycles. The Hall–Kier alpha value is -3.00. The van der Waals surface area contributed by atoms with E-state index in [2.05, 4.69) is 20.9 Å². The molecule has 0 spiro atoms. The number of carbonyl (C=O) groups excluding carboxylic acids is 3. The van der Waals surface area contributed by atoms with Crippen LogP contribution in [0.15, 0.2) is 14.3 Å². The first-order valence-electron chi connectivity index (χ1n) is 9.40. The van der Waals surface area contributed by atoms with Gasteiger partial charge in [0.25, 0.3) is 5.56 Å². The van der Waals surface area contributed by atoms with Crippen LogP contribution in [0.5, 0.6) is 0 Å². The number of rotatable bonds is 5. The number of ether oxygens (including phenoxy) is 4. The number of halogens is 1. The Labute approximate surface area is 188 Å². The van der Waals surface area contributed by atoms with Gasteiger partial charge in [-0.2, -0.15) is 0 Å². The van der Waals surface area contributed by atoms with Crippen molar-refractivity contribution in [1.29, 1.82) is 0 Å². The number of carbonyl (C=O) groups is 3. The lowest BCUT2D eigenvalue weighted by Crippen LogP contribution is -2.41. The molecule has 3 rings (SSSR count). The minimum absolute atomic E-state index is 0.0154. The fourth-order valence-corrected chi connectivity index (χ4v) is 4.07.